The minimum atomic E-state index is -0.638. The molecule has 4 fully saturated rings. The molecule has 4 rings (SSSR count). The van der Waals surface area contributed by atoms with Crippen LogP contribution in [0.5, 0.6) is 0 Å². The minimum absolute atomic E-state index is 0.0108. The first-order valence-electron chi connectivity index (χ1n) is 12.7. The summed E-state index contributed by atoms with van der Waals surface area (Å²) in [5, 5.41) is 6.26. The van der Waals surface area contributed by atoms with E-state index in [1.807, 2.05) is 20.8 Å². The summed E-state index contributed by atoms with van der Waals surface area (Å²) >= 11 is 0. The van der Waals surface area contributed by atoms with Crippen LogP contribution in [0.2, 0.25) is 0 Å². The summed E-state index contributed by atoms with van der Waals surface area (Å²) < 4.78 is 5.45. The van der Waals surface area contributed by atoms with Crippen LogP contribution in [0.15, 0.2) is 0 Å². The van der Waals surface area contributed by atoms with E-state index in [1.165, 1.54) is 0 Å². The van der Waals surface area contributed by atoms with Crippen molar-refractivity contribution in [3.05, 3.63) is 0 Å². The number of carbonyl (C=O) groups excluding carboxylic acids is 3. The normalized spacial score (nSPS) is 42.1. The lowest BCUT2D eigenvalue weighted by atomic mass is 9.47. The zero-order chi connectivity index (χ0) is 23.5. The molecule has 0 aromatic heterocycles. The van der Waals surface area contributed by atoms with Crippen molar-refractivity contribution in [3.63, 3.8) is 0 Å². The second-order valence-corrected chi connectivity index (χ2v) is 12.5. The van der Waals surface area contributed by atoms with E-state index >= 15 is 0 Å². The molecule has 3 saturated carbocycles. The molecule has 3 aliphatic carbocycles. The van der Waals surface area contributed by atoms with Gasteiger partial charge in [-0.05, 0) is 101 Å². The molecule has 5 unspecified atom stereocenters. The van der Waals surface area contributed by atoms with Crippen molar-refractivity contribution in [3.8, 4) is 0 Å². The van der Waals surface area contributed by atoms with Crippen molar-refractivity contribution >= 4 is 17.8 Å². The van der Waals surface area contributed by atoms with Crippen LogP contribution in [-0.2, 0) is 19.1 Å². The van der Waals surface area contributed by atoms with E-state index in [1.54, 1.807) is 6.92 Å². The topological polar surface area (TPSA) is 84.5 Å². The number of hydrogen-bond donors (Lipinski definition) is 2. The van der Waals surface area contributed by atoms with Gasteiger partial charge in [0.15, 0.2) is 0 Å². The average Bonchev–Trinajstić information content (AvgIpc) is 3.04. The van der Waals surface area contributed by atoms with Gasteiger partial charge in [0.1, 0.15) is 11.6 Å². The molecule has 0 spiro atoms. The maximum absolute atomic E-state index is 13.3. The van der Waals surface area contributed by atoms with Crippen molar-refractivity contribution in [2.75, 3.05) is 0 Å². The Hall–Kier alpha value is -1.59. The highest BCUT2D eigenvalue weighted by Gasteiger charge is 2.61. The first kappa shape index (κ1) is 23.6. The van der Waals surface area contributed by atoms with E-state index in [2.05, 4.69) is 24.5 Å². The number of rotatable bonds is 3. The Kier molecular flexibility index (Phi) is 5.90. The van der Waals surface area contributed by atoms with Gasteiger partial charge in [-0.25, -0.2) is 4.79 Å². The second kappa shape index (κ2) is 8.02. The molecule has 0 radical (unpaired) electrons. The third-order valence-corrected chi connectivity index (χ3v) is 9.53. The number of nitrogens with one attached hydrogen (secondary N) is 2. The van der Waals surface area contributed by atoms with E-state index in [-0.39, 0.29) is 34.5 Å². The Balaban J connectivity index is 1.45. The SMILES string of the molecule is CC(NC(=O)C1CCC2C3CC[C@H]4NC(=O)CC[C@]4(C)C3CC[C@]12C)C(=O)OC(C)(C)C. The second-order valence-electron chi connectivity index (χ2n) is 12.5. The standard InChI is InChI=1S/C26H42N2O4/c1-15(23(31)32-24(2,3)4)27-22(30)19-9-8-17-16-7-10-20-26(6,14-12-21(29)28-20)18(16)11-13-25(17,19)5/h15-20H,7-14H2,1-6H3,(H,27,30)(H,28,29)/t15?,16?,17?,18?,19?,20-,25+,26-/m1/s1. The molecule has 4 aliphatic rings. The maximum Gasteiger partial charge on any atom is 0.328 e. The zero-order valence-corrected chi connectivity index (χ0v) is 20.8. The molecule has 1 heterocycles. The Morgan fingerprint density at radius 3 is 2.41 bits per heavy atom. The summed E-state index contributed by atoms with van der Waals surface area (Å²) in [5.74, 6) is 1.60. The van der Waals surface area contributed by atoms with Crippen molar-refractivity contribution < 1.29 is 19.1 Å². The Labute approximate surface area is 193 Å². The first-order chi connectivity index (χ1) is 14.8. The largest absolute Gasteiger partial charge is 0.458 e. The highest BCUT2D eigenvalue weighted by atomic mass is 16.6. The maximum atomic E-state index is 13.3. The third-order valence-electron chi connectivity index (χ3n) is 9.53. The molecule has 2 N–H and O–H groups in total. The van der Waals surface area contributed by atoms with Crippen molar-refractivity contribution in [1.29, 1.82) is 0 Å². The van der Waals surface area contributed by atoms with Crippen molar-refractivity contribution in [1.82, 2.24) is 10.6 Å². The summed E-state index contributed by atoms with van der Waals surface area (Å²) in [6.45, 7) is 12.0. The fourth-order valence-electron chi connectivity index (χ4n) is 7.90. The molecular weight excluding hydrogens is 404 g/mol. The molecule has 180 valence electrons. The summed E-state index contributed by atoms with van der Waals surface area (Å²) in [5.41, 5.74) is -0.393. The molecule has 6 heteroatoms. The van der Waals surface area contributed by atoms with Crippen LogP contribution < -0.4 is 10.6 Å². The number of ether oxygens (including phenoxy) is 1. The molecule has 32 heavy (non-hydrogen) atoms. The van der Waals surface area contributed by atoms with E-state index in [4.69, 9.17) is 4.74 Å². The third kappa shape index (κ3) is 3.96. The minimum Gasteiger partial charge on any atom is -0.458 e. The van der Waals surface area contributed by atoms with Gasteiger partial charge in [-0.2, -0.15) is 0 Å². The van der Waals surface area contributed by atoms with Gasteiger partial charge in [0, 0.05) is 18.4 Å². The Morgan fingerprint density at radius 1 is 1.03 bits per heavy atom. The van der Waals surface area contributed by atoms with Gasteiger partial charge < -0.3 is 15.4 Å². The Morgan fingerprint density at radius 2 is 1.72 bits per heavy atom. The number of esters is 1. The lowest BCUT2D eigenvalue weighted by molar-refractivity contribution is -0.159. The summed E-state index contributed by atoms with van der Waals surface area (Å²) in [6, 6.07) is -0.328. The summed E-state index contributed by atoms with van der Waals surface area (Å²) in [4.78, 5) is 37.7. The lowest BCUT2D eigenvalue weighted by Crippen LogP contribution is -2.61. The van der Waals surface area contributed by atoms with Crippen molar-refractivity contribution in [2.45, 2.75) is 111 Å². The molecular formula is C26H42N2O4. The van der Waals surface area contributed by atoms with Gasteiger partial charge in [-0.15, -0.1) is 0 Å². The molecule has 0 bridgehead atoms. The molecule has 1 saturated heterocycles. The van der Waals surface area contributed by atoms with Crippen LogP contribution in [0.3, 0.4) is 0 Å². The molecule has 8 atom stereocenters. The van der Waals surface area contributed by atoms with E-state index in [9.17, 15) is 14.4 Å². The summed E-state index contributed by atoms with van der Waals surface area (Å²) in [6.07, 6.45) is 8.01. The van der Waals surface area contributed by atoms with Crippen LogP contribution in [0.25, 0.3) is 0 Å². The predicted molar refractivity (Wildman–Crippen MR) is 122 cm³/mol. The monoisotopic (exact) mass is 446 g/mol. The van der Waals surface area contributed by atoms with Crippen LogP contribution in [0.1, 0.15) is 92.9 Å². The highest BCUT2D eigenvalue weighted by Crippen LogP contribution is 2.65. The Bertz CT molecular complexity index is 789. The zero-order valence-electron chi connectivity index (χ0n) is 20.8. The molecule has 0 aromatic rings. The number of fused-ring (bicyclic) bond motifs is 5. The van der Waals surface area contributed by atoms with Crippen molar-refractivity contribution in [2.24, 2.45) is 34.5 Å². The fraction of sp³-hybridized carbons (Fsp3) is 0.885. The van der Waals surface area contributed by atoms with Crippen LogP contribution >= 0.6 is 0 Å². The van der Waals surface area contributed by atoms with Crippen LogP contribution in [-0.4, -0.2) is 35.5 Å². The van der Waals surface area contributed by atoms with Gasteiger partial charge in [-0.3, -0.25) is 9.59 Å². The first-order valence-corrected chi connectivity index (χ1v) is 12.7. The number of carbonyl (C=O) groups is 3. The number of amides is 2. The quantitative estimate of drug-likeness (QED) is 0.643. The van der Waals surface area contributed by atoms with E-state index in [0.29, 0.717) is 30.2 Å². The number of piperidine rings is 1. The number of hydrogen-bond acceptors (Lipinski definition) is 4. The summed E-state index contributed by atoms with van der Waals surface area (Å²) in [7, 11) is 0. The highest BCUT2D eigenvalue weighted by molar-refractivity contribution is 5.86. The van der Waals surface area contributed by atoms with Gasteiger partial charge in [-0.1, -0.05) is 13.8 Å². The van der Waals surface area contributed by atoms with Gasteiger partial charge in [0.25, 0.3) is 0 Å². The molecule has 2 amide bonds. The molecule has 6 nitrogen and oxygen atoms in total. The fourth-order valence-corrected chi connectivity index (χ4v) is 7.90. The van der Waals surface area contributed by atoms with E-state index < -0.39 is 11.6 Å². The smallest absolute Gasteiger partial charge is 0.328 e. The van der Waals surface area contributed by atoms with E-state index in [0.717, 1.165) is 44.9 Å². The predicted octanol–water partition coefficient (Wildman–Crippen LogP) is 3.97. The van der Waals surface area contributed by atoms with Gasteiger partial charge in [0.2, 0.25) is 11.8 Å². The van der Waals surface area contributed by atoms with Gasteiger partial charge in [0.05, 0.1) is 0 Å². The van der Waals surface area contributed by atoms with Gasteiger partial charge >= 0.3 is 5.97 Å². The molecule has 0 aromatic carbocycles. The van der Waals surface area contributed by atoms with Crippen LogP contribution in [0, 0.1) is 34.5 Å². The van der Waals surface area contributed by atoms with Crippen LogP contribution in [0.4, 0.5) is 0 Å². The average molecular weight is 447 g/mol. The lowest BCUT2D eigenvalue weighted by Gasteiger charge is -2.60. The molecule has 1 aliphatic heterocycles.